The molecule has 7 nitrogen and oxygen atoms in total. The van der Waals surface area contributed by atoms with E-state index in [2.05, 4.69) is 42.6 Å². The Kier molecular flexibility index (Phi) is 3.56. The van der Waals surface area contributed by atoms with E-state index in [-0.39, 0.29) is 0 Å². The Morgan fingerprint density at radius 1 is 1.00 bits per heavy atom. The highest BCUT2D eigenvalue weighted by Crippen LogP contribution is 2.26. The summed E-state index contributed by atoms with van der Waals surface area (Å²) in [5, 5.41) is 21.8. The van der Waals surface area contributed by atoms with Crippen LogP contribution in [-0.2, 0) is 0 Å². The third-order valence-electron chi connectivity index (χ3n) is 4.63. The molecule has 3 aromatic heterocycles. The van der Waals surface area contributed by atoms with Gasteiger partial charge in [0.05, 0.1) is 17.9 Å². The quantitative estimate of drug-likeness (QED) is 0.439. The maximum absolute atomic E-state index is 9.45. The van der Waals surface area contributed by atoms with Crippen molar-refractivity contribution in [2.24, 2.45) is 0 Å². The lowest BCUT2D eigenvalue weighted by Crippen LogP contribution is -2.00. The van der Waals surface area contributed by atoms with E-state index in [0.717, 1.165) is 38.8 Å². The molecule has 0 unspecified atom stereocenters. The lowest BCUT2D eigenvalue weighted by molar-refractivity contribution is 1.12. The fraction of sp³-hybridized carbons (Fsp3) is 0.0476. The van der Waals surface area contributed by atoms with Crippen LogP contribution >= 0.6 is 0 Å². The molecule has 0 saturated carbocycles. The summed E-state index contributed by atoms with van der Waals surface area (Å²) in [5.41, 5.74) is 5.17. The smallest absolute Gasteiger partial charge is 0.161 e. The van der Waals surface area contributed by atoms with E-state index >= 15 is 0 Å². The molecule has 0 aliphatic carbocycles. The van der Waals surface area contributed by atoms with Crippen LogP contribution in [0.4, 0.5) is 11.5 Å². The number of H-pyrrole nitrogens is 2. The van der Waals surface area contributed by atoms with Crippen LogP contribution in [0.3, 0.4) is 0 Å². The van der Waals surface area contributed by atoms with Crippen molar-refractivity contribution in [2.75, 3.05) is 5.32 Å². The van der Waals surface area contributed by atoms with Crippen molar-refractivity contribution in [3.8, 4) is 17.5 Å². The molecular formula is C21H15N7. The zero-order valence-corrected chi connectivity index (χ0v) is 15.0. The molecule has 28 heavy (non-hydrogen) atoms. The van der Waals surface area contributed by atoms with Crippen LogP contribution in [0, 0.1) is 18.3 Å². The van der Waals surface area contributed by atoms with Crippen molar-refractivity contribution in [3.05, 3.63) is 66.1 Å². The summed E-state index contributed by atoms with van der Waals surface area (Å²) in [4.78, 5) is 12.3. The maximum Gasteiger partial charge on any atom is 0.161 e. The number of fused-ring (bicyclic) bond motifs is 2. The van der Waals surface area contributed by atoms with Crippen molar-refractivity contribution in [1.82, 2.24) is 25.1 Å². The van der Waals surface area contributed by atoms with E-state index in [1.165, 1.54) is 0 Å². The van der Waals surface area contributed by atoms with Crippen LogP contribution in [0.25, 0.3) is 33.2 Å². The van der Waals surface area contributed by atoms with Gasteiger partial charge in [-0.3, -0.25) is 5.10 Å². The topological polar surface area (TPSA) is 106 Å². The van der Waals surface area contributed by atoms with Gasteiger partial charge in [-0.25, -0.2) is 9.97 Å². The number of aryl methyl sites for hydroxylation is 1. The van der Waals surface area contributed by atoms with E-state index in [1.807, 2.05) is 43.3 Å². The largest absolute Gasteiger partial charge is 0.359 e. The van der Waals surface area contributed by atoms with Gasteiger partial charge in [0.25, 0.3) is 0 Å². The predicted molar refractivity (Wildman–Crippen MR) is 108 cm³/mol. The van der Waals surface area contributed by atoms with Gasteiger partial charge in [0.15, 0.2) is 11.6 Å². The summed E-state index contributed by atoms with van der Waals surface area (Å²) in [7, 11) is 0. The molecule has 3 heterocycles. The molecule has 0 bridgehead atoms. The summed E-state index contributed by atoms with van der Waals surface area (Å²) < 4.78 is 0. The van der Waals surface area contributed by atoms with E-state index in [0.29, 0.717) is 17.2 Å². The molecule has 134 valence electrons. The molecule has 0 amide bonds. The summed E-state index contributed by atoms with van der Waals surface area (Å²) in [6.45, 7) is 2.02. The van der Waals surface area contributed by atoms with Crippen LogP contribution in [0.5, 0.6) is 0 Å². The summed E-state index contributed by atoms with van der Waals surface area (Å²) in [6.07, 6.45) is 3.30. The standard InChI is InChI=1S/C21H15N7/c1-12-6-13-2-3-14(8-19(13)25-12)20-23-10-16(9-22)21(27-20)26-17-4-5-18-15(7-17)11-24-28-18/h2-8,10-11,25H,1H3,(H,24,28)(H,23,26,27). The van der Waals surface area contributed by atoms with Gasteiger partial charge in [0.2, 0.25) is 0 Å². The number of aromatic nitrogens is 5. The molecule has 0 aliphatic heterocycles. The molecule has 5 aromatic rings. The minimum absolute atomic E-state index is 0.382. The van der Waals surface area contributed by atoms with Crippen molar-refractivity contribution in [3.63, 3.8) is 0 Å². The number of nitrogens with zero attached hydrogens (tertiary/aromatic N) is 4. The molecule has 0 atom stereocenters. The molecule has 0 saturated heterocycles. The monoisotopic (exact) mass is 365 g/mol. The molecule has 0 aliphatic rings. The maximum atomic E-state index is 9.45. The number of aromatic amines is 2. The van der Waals surface area contributed by atoms with Crippen LogP contribution in [0.1, 0.15) is 11.3 Å². The Bertz CT molecular complexity index is 1370. The highest BCUT2D eigenvalue weighted by molar-refractivity contribution is 5.85. The molecule has 3 N–H and O–H groups in total. The average Bonchev–Trinajstić information content (AvgIpc) is 3.32. The molecule has 0 spiro atoms. The van der Waals surface area contributed by atoms with Crippen LogP contribution in [0.15, 0.2) is 54.9 Å². The molecular weight excluding hydrogens is 350 g/mol. The van der Waals surface area contributed by atoms with Crippen LogP contribution in [-0.4, -0.2) is 25.1 Å². The first-order valence-electron chi connectivity index (χ1n) is 8.77. The van der Waals surface area contributed by atoms with Gasteiger partial charge in [0, 0.05) is 27.8 Å². The number of hydrogen-bond donors (Lipinski definition) is 3. The SMILES string of the molecule is Cc1cc2ccc(-c3ncc(C#N)c(Nc4ccc5[nH]ncc5c4)n3)cc2[nH]1. The lowest BCUT2D eigenvalue weighted by Gasteiger charge is -2.09. The van der Waals surface area contributed by atoms with Gasteiger partial charge >= 0.3 is 0 Å². The molecule has 0 fully saturated rings. The fourth-order valence-electron chi connectivity index (χ4n) is 3.27. The van der Waals surface area contributed by atoms with Crippen LogP contribution < -0.4 is 5.32 Å². The normalized spacial score (nSPS) is 11.0. The predicted octanol–water partition coefficient (Wildman–Crippen LogP) is 4.42. The summed E-state index contributed by atoms with van der Waals surface area (Å²) in [5.74, 6) is 1.03. The van der Waals surface area contributed by atoms with Crippen LogP contribution in [0.2, 0.25) is 0 Å². The Balaban J connectivity index is 1.55. The first kappa shape index (κ1) is 16.0. The highest BCUT2D eigenvalue weighted by atomic mass is 15.1. The van der Waals surface area contributed by atoms with E-state index in [1.54, 1.807) is 12.4 Å². The molecule has 2 aromatic carbocycles. The number of rotatable bonds is 3. The molecule has 5 rings (SSSR count). The van der Waals surface area contributed by atoms with Gasteiger partial charge in [-0.1, -0.05) is 12.1 Å². The number of benzene rings is 2. The summed E-state index contributed by atoms with van der Waals surface area (Å²) in [6, 6.07) is 16.1. The molecule has 7 heteroatoms. The molecule has 0 radical (unpaired) electrons. The van der Waals surface area contributed by atoms with Gasteiger partial charge in [0.1, 0.15) is 11.6 Å². The Hall–Kier alpha value is -4.18. The highest BCUT2D eigenvalue weighted by Gasteiger charge is 2.11. The minimum atomic E-state index is 0.382. The van der Waals surface area contributed by atoms with Gasteiger partial charge < -0.3 is 10.3 Å². The fourth-order valence-corrected chi connectivity index (χ4v) is 3.27. The van der Waals surface area contributed by atoms with Crippen molar-refractivity contribution in [2.45, 2.75) is 6.92 Å². The summed E-state index contributed by atoms with van der Waals surface area (Å²) >= 11 is 0. The van der Waals surface area contributed by atoms with Crippen molar-refractivity contribution < 1.29 is 0 Å². The third kappa shape index (κ3) is 2.73. The Morgan fingerprint density at radius 3 is 2.82 bits per heavy atom. The number of anilines is 2. The zero-order chi connectivity index (χ0) is 19.1. The Labute approximate surface area is 160 Å². The minimum Gasteiger partial charge on any atom is -0.359 e. The zero-order valence-electron chi connectivity index (χ0n) is 15.0. The second-order valence-corrected chi connectivity index (χ2v) is 6.62. The van der Waals surface area contributed by atoms with Gasteiger partial charge in [-0.15, -0.1) is 0 Å². The van der Waals surface area contributed by atoms with E-state index in [9.17, 15) is 5.26 Å². The van der Waals surface area contributed by atoms with Crippen molar-refractivity contribution in [1.29, 1.82) is 5.26 Å². The number of nitrogens with one attached hydrogen (secondary N) is 3. The first-order valence-corrected chi connectivity index (χ1v) is 8.77. The second kappa shape index (κ2) is 6.21. The lowest BCUT2D eigenvalue weighted by atomic mass is 10.1. The third-order valence-corrected chi connectivity index (χ3v) is 4.63. The van der Waals surface area contributed by atoms with Crippen molar-refractivity contribution >= 4 is 33.3 Å². The van der Waals surface area contributed by atoms with Gasteiger partial charge in [-0.05, 0) is 42.6 Å². The van der Waals surface area contributed by atoms with E-state index < -0.39 is 0 Å². The van der Waals surface area contributed by atoms with E-state index in [4.69, 9.17) is 0 Å². The van der Waals surface area contributed by atoms with Gasteiger partial charge in [-0.2, -0.15) is 10.4 Å². The first-order chi connectivity index (χ1) is 13.7. The second-order valence-electron chi connectivity index (χ2n) is 6.62. The number of hydrogen-bond acceptors (Lipinski definition) is 5. The Morgan fingerprint density at radius 2 is 1.93 bits per heavy atom. The average molecular weight is 365 g/mol. The number of nitriles is 1.